The van der Waals surface area contributed by atoms with Gasteiger partial charge in [-0.3, -0.25) is 25.8 Å². The molecule has 2 rings (SSSR count). The largest absolute Gasteiger partial charge is 0.493 e. The summed E-state index contributed by atoms with van der Waals surface area (Å²) in [5, 5.41) is 2.52. The molecule has 2 aromatic rings. The Morgan fingerprint density at radius 3 is 2.48 bits per heavy atom. The lowest BCUT2D eigenvalue weighted by atomic mass is 10.1. The zero-order valence-corrected chi connectivity index (χ0v) is 16.4. The fourth-order valence-electron chi connectivity index (χ4n) is 2.21. The first kappa shape index (κ1) is 20.4. The Morgan fingerprint density at radius 2 is 1.78 bits per heavy atom. The first-order valence-electron chi connectivity index (χ1n) is 8.57. The molecule has 2 amide bonds. The van der Waals surface area contributed by atoms with Crippen LogP contribution in [0.4, 0.5) is 0 Å². The van der Waals surface area contributed by atoms with Crippen LogP contribution in [0.2, 0.25) is 0 Å². The van der Waals surface area contributed by atoms with Gasteiger partial charge in [-0.25, -0.2) is 0 Å². The van der Waals surface area contributed by atoms with Gasteiger partial charge in [0, 0.05) is 11.1 Å². The number of hydrogen-bond donors (Lipinski definition) is 3. The van der Waals surface area contributed by atoms with E-state index in [4.69, 9.17) is 17.0 Å². The molecule has 3 N–H and O–H groups in total. The lowest BCUT2D eigenvalue weighted by Gasteiger charge is -2.13. The van der Waals surface area contributed by atoms with E-state index >= 15 is 0 Å². The van der Waals surface area contributed by atoms with Gasteiger partial charge >= 0.3 is 0 Å². The smallest absolute Gasteiger partial charge is 0.269 e. The van der Waals surface area contributed by atoms with E-state index in [1.54, 1.807) is 36.4 Å². The van der Waals surface area contributed by atoms with Crippen molar-refractivity contribution in [1.82, 2.24) is 16.2 Å². The monoisotopic (exact) mass is 385 g/mol. The van der Waals surface area contributed by atoms with E-state index in [9.17, 15) is 9.59 Å². The highest BCUT2D eigenvalue weighted by Gasteiger charge is 2.11. The molecule has 0 aliphatic rings. The quantitative estimate of drug-likeness (QED) is 0.545. The van der Waals surface area contributed by atoms with Gasteiger partial charge in [0.25, 0.3) is 11.8 Å². The van der Waals surface area contributed by atoms with Crippen LogP contribution in [0.5, 0.6) is 5.75 Å². The van der Waals surface area contributed by atoms with Gasteiger partial charge in [-0.2, -0.15) is 0 Å². The molecule has 0 aromatic heterocycles. The highest BCUT2D eigenvalue weighted by atomic mass is 32.1. The summed E-state index contributed by atoms with van der Waals surface area (Å²) >= 11 is 5.06. The Bertz CT molecular complexity index is 837. The molecule has 0 unspecified atom stereocenters. The first-order valence-corrected chi connectivity index (χ1v) is 8.98. The minimum absolute atomic E-state index is 0.00423. The molecule has 0 fully saturated rings. The van der Waals surface area contributed by atoms with Gasteiger partial charge in [0.15, 0.2) is 5.11 Å². The summed E-state index contributed by atoms with van der Waals surface area (Å²) in [5.41, 5.74) is 6.77. The second-order valence-corrected chi connectivity index (χ2v) is 6.82. The van der Waals surface area contributed by atoms with Gasteiger partial charge in [0.05, 0.1) is 6.61 Å². The summed E-state index contributed by atoms with van der Waals surface area (Å²) in [6, 6.07) is 14.0. The van der Waals surface area contributed by atoms with E-state index in [0.29, 0.717) is 29.4 Å². The fraction of sp³-hybridized carbons (Fsp3) is 0.250. The van der Waals surface area contributed by atoms with Crippen molar-refractivity contribution in [3.63, 3.8) is 0 Å². The number of ether oxygens (including phenoxy) is 1. The van der Waals surface area contributed by atoms with Gasteiger partial charge < -0.3 is 4.74 Å². The second kappa shape index (κ2) is 9.68. The molecule has 0 saturated heterocycles. The second-order valence-electron chi connectivity index (χ2n) is 6.41. The number of thiocarbonyl (C=S) groups is 1. The number of hydrogen-bond acceptors (Lipinski definition) is 4. The number of benzene rings is 2. The van der Waals surface area contributed by atoms with Crippen molar-refractivity contribution in [1.29, 1.82) is 0 Å². The molecule has 0 saturated carbocycles. The Labute approximate surface area is 164 Å². The summed E-state index contributed by atoms with van der Waals surface area (Å²) in [5.74, 6) is 0.264. The van der Waals surface area contributed by atoms with Gasteiger partial charge in [0.2, 0.25) is 0 Å². The number of carbonyl (C=O) groups is 2. The Balaban J connectivity index is 1.88. The van der Waals surface area contributed by atoms with Crippen molar-refractivity contribution in [2.75, 3.05) is 6.61 Å². The molecular weight excluding hydrogens is 362 g/mol. The lowest BCUT2D eigenvalue weighted by Crippen LogP contribution is -2.48. The van der Waals surface area contributed by atoms with Crippen LogP contribution in [0.15, 0.2) is 48.5 Å². The Kier molecular flexibility index (Phi) is 7.31. The molecular formula is C20H23N3O3S. The van der Waals surface area contributed by atoms with E-state index < -0.39 is 5.91 Å². The maximum Gasteiger partial charge on any atom is 0.269 e. The summed E-state index contributed by atoms with van der Waals surface area (Å²) in [4.78, 5) is 24.4. The molecule has 0 radical (unpaired) electrons. The number of amides is 2. The molecule has 0 spiro atoms. The minimum Gasteiger partial charge on any atom is -0.493 e. The van der Waals surface area contributed by atoms with Gasteiger partial charge in [-0.15, -0.1) is 0 Å². The highest BCUT2D eigenvalue weighted by Crippen LogP contribution is 2.14. The fourth-order valence-corrected chi connectivity index (χ4v) is 2.35. The number of hydrazine groups is 1. The predicted octanol–water partition coefficient (Wildman–Crippen LogP) is 2.98. The molecule has 0 bridgehead atoms. The van der Waals surface area contributed by atoms with Crippen LogP contribution >= 0.6 is 12.2 Å². The Morgan fingerprint density at radius 1 is 1.04 bits per heavy atom. The van der Waals surface area contributed by atoms with E-state index in [2.05, 4.69) is 16.2 Å². The minimum atomic E-state index is -0.396. The van der Waals surface area contributed by atoms with Gasteiger partial charge in [0.1, 0.15) is 5.75 Å². The van der Waals surface area contributed by atoms with Crippen LogP contribution in [-0.2, 0) is 0 Å². The van der Waals surface area contributed by atoms with Crippen LogP contribution in [0, 0.1) is 12.8 Å². The van der Waals surface area contributed by atoms with Crippen LogP contribution in [0.25, 0.3) is 0 Å². The first-order chi connectivity index (χ1) is 12.9. The zero-order valence-electron chi connectivity index (χ0n) is 15.5. The van der Waals surface area contributed by atoms with Crippen molar-refractivity contribution >= 4 is 29.1 Å². The van der Waals surface area contributed by atoms with Crippen molar-refractivity contribution in [3.8, 4) is 5.75 Å². The third kappa shape index (κ3) is 6.38. The normalized spacial score (nSPS) is 10.2. The molecule has 6 nitrogen and oxygen atoms in total. The highest BCUT2D eigenvalue weighted by molar-refractivity contribution is 7.80. The van der Waals surface area contributed by atoms with Crippen LogP contribution in [0.3, 0.4) is 0 Å². The maximum atomic E-state index is 12.3. The molecule has 2 aromatic carbocycles. The van der Waals surface area contributed by atoms with Crippen molar-refractivity contribution in [3.05, 3.63) is 65.2 Å². The average molecular weight is 385 g/mol. The molecule has 27 heavy (non-hydrogen) atoms. The van der Waals surface area contributed by atoms with E-state index in [1.807, 2.05) is 32.9 Å². The van der Waals surface area contributed by atoms with Crippen LogP contribution < -0.4 is 20.9 Å². The molecule has 0 aliphatic carbocycles. The van der Waals surface area contributed by atoms with Crippen LogP contribution in [0.1, 0.15) is 40.1 Å². The molecule has 7 heteroatoms. The topological polar surface area (TPSA) is 79.5 Å². The third-order valence-corrected chi connectivity index (χ3v) is 3.79. The number of carbonyl (C=O) groups excluding carboxylic acids is 2. The average Bonchev–Trinajstić information content (AvgIpc) is 2.65. The molecule has 0 aliphatic heterocycles. The van der Waals surface area contributed by atoms with E-state index in [0.717, 1.165) is 5.56 Å². The van der Waals surface area contributed by atoms with E-state index in [-0.39, 0.29) is 11.0 Å². The van der Waals surface area contributed by atoms with Gasteiger partial charge in [-0.1, -0.05) is 38.1 Å². The van der Waals surface area contributed by atoms with Crippen molar-refractivity contribution < 1.29 is 14.3 Å². The SMILES string of the molecule is Cc1ccccc1C(=O)NNC(=S)NC(=O)c1cccc(OCC(C)C)c1. The van der Waals surface area contributed by atoms with Crippen molar-refractivity contribution in [2.24, 2.45) is 5.92 Å². The molecule has 0 atom stereocenters. The number of rotatable bonds is 5. The standard InChI is InChI=1S/C20H23N3O3S/c1-13(2)12-26-16-9-6-8-15(11-16)18(24)21-20(27)23-22-19(25)17-10-5-4-7-14(17)3/h4-11,13H,12H2,1-3H3,(H,22,25)(H2,21,23,24,27). The lowest BCUT2D eigenvalue weighted by molar-refractivity contribution is 0.0934. The summed E-state index contributed by atoms with van der Waals surface area (Å²) in [6.45, 7) is 6.50. The summed E-state index contributed by atoms with van der Waals surface area (Å²) in [7, 11) is 0. The van der Waals surface area contributed by atoms with Crippen molar-refractivity contribution in [2.45, 2.75) is 20.8 Å². The molecule has 0 heterocycles. The summed E-state index contributed by atoms with van der Waals surface area (Å²) < 4.78 is 5.62. The predicted molar refractivity (Wildman–Crippen MR) is 109 cm³/mol. The van der Waals surface area contributed by atoms with Crippen LogP contribution in [-0.4, -0.2) is 23.5 Å². The third-order valence-electron chi connectivity index (χ3n) is 3.59. The zero-order chi connectivity index (χ0) is 19.8. The summed E-state index contributed by atoms with van der Waals surface area (Å²) in [6.07, 6.45) is 0. The number of nitrogens with one attached hydrogen (secondary N) is 3. The number of aryl methyl sites for hydroxylation is 1. The maximum absolute atomic E-state index is 12.3. The molecule has 142 valence electrons. The van der Waals surface area contributed by atoms with Gasteiger partial charge in [-0.05, 0) is 54.9 Å². The van der Waals surface area contributed by atoms with E-state index in [1.165, 1.54) is 0 Å². The Hall–Kier alpha value is -2.93.